The molecule has 0 saturated carbocycles. The van der Waals surface area contributed by atoms with E-state index in [-0.39, 0.29) is 12.5 Å². The van der Waals surface area contributed by atoms with Gasteiger partial charge in [-0.3, -0.25) is 4.79 Å². The van der Waals surface area contributed by atoms with E-state index in [2.05, 4.69) is 10.6 Å². The Kier molecular flexibility index (Phi) is 7.05. The van der Waals surface area contributed by atoms with Gasteiger partial charge in [0, 0.05) is 13.7 Å². The Balaban J connectivity index is 2.34. The lowest BCUT2D eigenvalue weighted by molar-refractivity contribution is -0.115. The zero-order valence-electron chi connectivity index (χ0n) is 10.1. The zero-order valence-corrected chi connectivity index (χ0v) is 11.6. The van der Waals surface area contributed by atoms with Crippen molar-refractivity contribution in [3.8, 4) is 0 Å². The van der Waals surface area contributed by atoms with Crippen LogP contribution in [0.1, 0.15) is 6.42 Å². The van der Waals surface area contributed by atoms with Gasteiger partial charge in [-0.25, -0.2) is 0 Å². The summed E-state index contributed by atoms with van der Waals surface area (Å²) in [6.07, 6.45) is 0.863. The van der Waals surface area contributed by atoms with Crippen molar-refractivity contribution in [1.82, 2.24) is 5.32 Å². The van der Waals surface area contributed by atoms with E-state index in [0.29, 0.717) is 22.3 Å². The van der Waals surface area contributed by atoms with Gasteiger partial charge in [-0.15, -0.1) is 0 Å². The third kappa shape index (κ3) is 5.23. The van der Waals surface area contributed by atoms with E-state index in [1.54, 1.807) is 25.3 Å². The number of anilines is 1. The van der Waals surface area contributed by atoms with Gasteiger partial charge < -0.3 is 15.4 Å². The second-order valence-electron chi connectivity index (χ2n) is 3.67. The number of benzene rings is 1. The summed E-state index contributed by atoms with van der Waals surface area (Å²) in [7, 11) is 1.65. The van der Waals surface area contributed by atoms with Crippen molar-refractivity contribution in [3.05, 3.63) is 28.2 Å². The molecule has 0 aliphatic rings. The van der Waals surface area contributed by atoms with Gasteiger partial charge in [0.15, 0.2) is 0 Å². The van der Waals surface area contributed by atoms with Crippen molar-refractivity contribution in [2.45, 2.75) is 6.42 Å². The Bertz CT molecular complexity index is 400. The Morgan fingerprint density at radius 2 is 2.17 bits per heavy atom. The standard InChI is InChI=1S/C12H16Cl2N2O2/c1-18-7-3-6-15-8-11(17)16-10-5-2-4-9(13)12(10)14/h2,4-5,15H,3,6-8H2,1H3,(H,16,17). The van der Waals surface area contributed by atoms with E-state index >= 15 is 0 Å². The molecule has 1 aromatic rings. The lowest BCUT2D eigenvalue weighted by Gasteiger charge is -2.08. The van der Waals surface area contributed by atoms with E-state index in [1.807, 2.05) is 0 Å². The number of carbonyl (C=O) groups is 1. The first kappa shape index (κ1) is 15.2. The minimum atomic E-state index is -0.156. The van der Waals surface area contributed by atoms with Crippen LogP contribution in [0.3, 0.4) is 0 Å². The summed E-state index contributed by atoms with van der Waals surface area (Å²) in [6, 6.07) is 5.11. The van der Waals surface area contributed by atoms with Crippen LogP contribution in [-0.4, -0.2) is 32.7 Å². The van der Waals surface area contributed by atoms with Crippen molar-refractivity contribution in [1.29, 1.82) is 0 Å². The third-order valence-electron chi connectivity index (χ3n) is 2.21. The maximum atomic E-state index is 11.6. The largest absolute Gasteiger partial charge is 0.385 e. The molecule has 2 N–H and O–H groups in total. The van der Waals surface area contributed by atoms with Gasteiger partial charge in [0.05, 0.1) is 22.3 Å². The number of methoxy groups -OCH3 is 1. The molecule has 0 spiro atoms. The van der Waals surface area contributed by atoms with Crippen molar-refractivity contribution >= 4 is 34.8 Å². The minimum absolute atomic E-state index is 0.156. The summed E-state index contributed by atoms with van der Waals surface area (Å²) in [5.41, 5.74) is 0.521. The average molecular weight is 291 g/mol. The van der Waals surface area contributed by atoms with Crippen LogP contribution in [0, 0.1) is 0 Å². The molecule has 0 unspecified atom stereocenters. The summed E-state index contributed by atoms with van der Waals surface area (Å²) in [5, 5.41) is 6.47. The number of ether oxygens (including phenoxy) is 1. The molecule has 0 aliphatic heterocycles. The number of hydrogen-bond acceptors (Lipinski definition) is 3. The fourth-order valence-corrected chi connectivity index (χ4v) is 1.69. The van der Waals surface area contributed by atoms with Crippen LogP contribution < -0.4 is 10.6 Å². The monoisotopic (exact) mass is 290 g/mol. The highest BCUT2D eigenvalue weighted by molar-refractivity contribution is 6.43. The predicted octanol–water partition coefficient (Wildman–Crippen LogP) is 2.56. The highest BCUT2D eigenvalue weighted by atomic mass is 35.5. The van der Waals surface area contributed by atoms with E-state index < -0.39 is 0 Å². The normalized spacial score (nSPS) is 10.4. The van der Waals surface area contributed by atoms with E-state index in [1.165, 1.54) is 0 Å². The second-order valence-corrected chi connectivity index (χ2v) is 4.46. The van der Waals surface area contributed by atoms with Crippen molar-refractivity contribution < 1.29 is 9.53 Å². The number of carbonyl (C=O) groups excluding carboxylic acids is 1. The SMILES string of the molecule is COCCCNCC(=O)Nc1cccc(Cl)c1Cl. The molecule has 1 aromatic carbocycles. The summed E-state index contributed by atoms with van der Waals surface area (Å²) in [4.78, 5) is 11.6. The molecular weight excluding hydrogens is 275 g/mol. The van der Waals surface area contributed by atoms with Gasteiger partial charge in [0.25, 0.3) is 0 Å². The minimum Gasteiger partial charge on any atom is -0.385 e. The van der Waals surface area contributed by atoms with Crippen LogP contribution in [0.2, 0.25) is 10.0 Å². The number of hydrogen-bond donors (Lipinski definition) is 2. The van der Waals surface area contributed by atoms with E-state index in [4.69, 9.17) is 27.9 Å². The van der Waals surface area contributed by atoms with E-state index in [0.717, 1.165) is 13.0 Å². The topological polar surface area (TPSA) is 50.4 Å². The summed E-state index contributed by atoms with van der Waals surface area (Å²) >= 11 is 11.8. The maximum absolute atomic E-state index is 11.6. The van der Waals surface area contributed by atoms with Crippen molar-refractivity contribution in [3.63, 3.8) is 0 Å². The first-order chi connectivity index (χ1) is 8.65. The van der Waals surface area contributed by atoms with Crippen LogP contribution in [0.5, 0.6) is 0 Å². The molecule has 100 valence electrons. The fourth-order valence-electron chi connectivity index (χ4n) is 1.34. The Labute approximate surface area is 117 Å². The molecule has 0 heterocycles. The molecule has 0 atom stereocenters. The maximum Gasteiger partial charge on any atom is 0.238 e. The third-order valence-corrected chi connectivity index (χ3v) is 3.03. The number of rotatable bonds is 7. The van der Waals surface area contributed by atoms with Crippen LogP contribution >= 0.6 is 23.2 Å². The molecule has 4 nitrogen and oxygen atoms in total. The molecule has 18 heavy (non-hydrogen) atoms. The Morgan fingerprint density at radius 3 is 2.89 bits per heavy atom. The van der Waals surface area contributed by atoms with E-state index in [9.17, 15) is 4.79 Å². The van der Waals surface area contributed by atoms with Gasteiger partial charge in [-0.05, 0) is 25.1 Å². The zero-order chi connectivity index (χ0) is 13.4. The molecule has 0 radical (unpaired) electrons. The lowest BCUT2D eigenvalue weighted by atomic mass is 10.3. The van der Waals surface area contributed by atoms with Gasteiger partial charge in [-0.2, -0.15) is 0 Å². The molecule has 0 aromatic heterocycles. The fraction of sp³-hybridized carbons (Fsp3) is 0.417. The highest BCUT2D eigenvalue weighted by Crippen LogP contribution is 2.29. The molecule has 0 aliphatic carbocycles. The van der Waals surface area contributed by atoms with Crippen molar-refractivity contribution in [2.24, 2.45) is 0 Å². The van der Waals surface area contributed by atoms with Crippen LogP contribution in [0.15, 0.2) is 18.2 Å². The molecule has 6 heteroatoms. The van der Waals surface area contributed by atoms with Gasteiger partial charge >= 0.3 is 0 Å². The van der Waals surface area contributed by atoms with Crippen LogP contribution in [0.25, 0.3) is 0 Å². The predicted molar refractivity (Wildman–Crippen MR) is 74.5 cm³/mol. The van der Waals surface area contributed by atoms with Gasteiger partial charge in [-0.1, -0.05) is 29.3 Å². The molecule has 1 amide bonds. The van der Waals surface area contributed by atoms with Crippen LogP contribution in [0.4, 0.5) is 5.69 Å². The molecule has 1 rings (SSSR count). The van der Waals surface area contributed by atoms with Crippen LogP contribution in [-0.2, 0) is 9.53 Å². The average Bonchev–Trinajstić information content (AvgIpc) is 2.35. The lowest BCUT2D eigenvalue weighted by Crippen LogP contribution is -2.29. The van der Waals surface area contributed by atoms with Gasteiger partial charge in [0.1, 0.15) is 0 Å². The summed E-state index contributed by atoms with van der Waals surface area (Å²) < 4.78 is 4.90. The van der Waals surface area contributed by atoms with Crippen molar-refractivity contribution in [2.75, 3.05) is 32.1 Å². The molecule has 0 bridgehead atoms. The first-order valence-corrected chi connectivity index (χ1v) is 6.34. The summed E-state index contributed by atoms with van der Waals surface area (Å²) in [5.74, 6) is -0.156. The Hall–Kier alpha value is -0.810. The summed E-state index contributed by atoms with van der Waals surface area (Å²) in [6.45, 7) is 1.63. The second kappa shape index (κ2) is 8.32. The highest BCUT2D eigenvalue weighted by Gasteiger charge is 2.07. The molecule has 0 saturated heterocycles. The first-order valence-electron chi connectivity index (χ1n) is 5.58. The molecular formula is C12H16Cl2N2O2. The quantitative estimate of drug-likeness (QED) is 0.759. The smallest absolute Gasteiger partial charge is 0.238 e. The molecule has 0 fully saturated rings. The number of nitrogens with one attached hydrogen (secondary N) is 2. The Morgan fingerprint density at radius 1 is 1.39 bits per heavy atom. The van der Waals surface area contributed by atoms with Gasteiger partial charge in [0.2, 0.25) is 5.91 Å². The number of halogens is 2. The number of amides is 1.